The fourth-order valence-corrected chi connectivity index (χ4v) is 14.4. The Balaban J connectivity index is 0.000000394. The Morgan fingerprint density at radius 2 is 1.21 bits per heavy atom. The minimum absolute atomic E-state index is 0. The third kappa shape index (κ3) is 15.4. The molecule has 0 aromatic carbocycles. The Morgan fingerprint density at radius 3 is 1.64 bits per heavy atom. The predicted molar refractivity (Wildman–Crippen MR) is 294 cm³/mol. The van der Waals surface area contributed by atoms with Gasteiger partial charge in [-0.3, -0.25) is 4.79 Å². The van der Waals surface area contributed by atoms with Crippen molar-refractivity contribution in [3.05, 3.63) is 83.6 Å². The number of carbonyl (C=O) groups is 1. The number of carbonyl (C=O) groups excluding carboxylic acids is 1. The predicted octanol–water partition coefficient (Wildman–Crippen LogP) is 15.0. The summed E-state index contributed by atoms with van der Waals surface area (Å²) < 4.78 is 1.22. The Kier molecular flexibility index (Phi) is 26.6. The average molecular weight is 1050 g/mol. The van der Waals surface area contributed by atoms with Gasteiger partial charge in [0.25, 0.3) is 6.47 Å². The fraction of sp³-hybridized carbons (Fsp3) is 0.758. The van der Waals surface area contributed by atoms with Crippen LogP contribution in [0.3, 0.4) is 0 Å². The van der Waals surface area contributed by atoms with E-state index in [2.05, 4.69) is 173 Å². The number of fused-ring (bicyclic) bond motifs is 3. The van der Waals surface area contributed by atoms with Crippen molar-refractivity contribution in [1.82, 2.24) is 0 Å². The summed E-state index contributed by atoms with van der Waals surface area (Å²) in [6.45, 7) is 40.0. The van der Waals surface area contributed by atoms with Crippen LogP contribution >= 0.6 is 22.6 Å². The molecule has 0 N–H and O–H groups in total. The van der Waals surface area contributed by atoms with Crippen LogP contribution in [-0.4, -0.2) is 10.9 Å². The van der Waals surface area contributed by atoms with Crippen molar-refractivity contribution >= 4 is 29.1 Å². The van der Waals surface area contributed by atoms with Gasteiger partial charge in [-0.25, -0.2) is 0 Å². The first-order valence-electron chi connectivity index (χ1n) is 26.9. The second-order valence-corrected chi connectivity index (χ2v) is 25.4. The van der Waals surface area contributed by atoms with Crippen molar-refractivity contribution in [2.45, 2.75) is 200 Å². The van der Waals surface area contributed by atoms with E-state index in [0.717, 1.165) is 47.3 Å². The fourth-order valence-electron chi connectivity index (χ4n) is 14.4. The van der Waals surface area contributed by atoms with Crippen molar-refractivity contribution in [2.75, 3.05) is 4.43 Å². The summed E-state index contributed by atoms with van der Waals surface area (Å²) >= 11 is 2.29. The average Bonchev–Trinajstić information content (AvgIpc) is 3.54. The summed E-state index contributed by atoms with van der Waals surface area (Å²) in [5, 5.41) is 8.43. The molecule has 14 atom stereocenters. The molecule has 0 radical (unpaired) electrons. The summed E-state index contributed by atoms with van der Waals surface area (Å²) in [5.41, 5.74) is 9.58. The van der Waals surface area contributed by atoms with Gasteiger partial charge in [0.1, 0.15) is 0 Å². The molecular formula is C62H102INaO3. The van der Waals surface area contributed by atoms with Gasteiger partial charge >= 0.3 is 29.6 Å². The van der Waals surface area contributed by atoms with Gasteiger partial charge in [0, 0.05) is 5.41 Å². The van der Waals surface area contributed by atoms with Gasteiger partial charge in [-0.2, -0.15) is 0 Å². The van der Waals surface area contributed by atoms with E-state index in [4.69, 9.17) is 10.1 Å². The first kappa shape index (κ1) is 62.5. The molecule has 0 aromatic heterocycles. The van der Waals surface area contributed by atoms with Crippen LogP contribution < -0.4 is 34.8 Å². The maximum atomic E-state index is 8.64. The van der Waals surface area contributed by atoms with Crippen LogP contribution in [0.25, 0.3) is 0 Å². The van der Waals surface area contributed by atoms with Crippen molar-refractivity contribution in [1.29, 1.82) is 0 Å². The number of hydrogen-bond donors (Lipinski definition) is 0. The van der Waals surface area contributed by atoms with Gasteiger partial charge < -0.3 is 10.1 Å². The zero-order valence-corrected chi connectivity index (χ0v) is 49.3. The van der Waals surface area contributed by atoms with Crippen LogP contribution in [0.4, 0.5) is 0 Å². The van der Waals surface area contributed by atoms with E-state index < -0.39 is 0 Å². The van der Waals surface area contributed by atoms with Crippen molar-refractivity contribution in [3.8, 4) is 0 Å². The van der Waals surface area contributed by atoms with E-state index in [-0.39, 0.29) is 43.5 Å². The molecule has 0 heterocycles. The molecule has 0 amide bonds. The first-order valence-corrected chi connectivity index (χ1v) is 28.4. The summed E-state index contributed by atoms with van der Waals surface area (Å²) in [6, 6.07) is 0. The summed E-state index contributed by atoms with van der Waals surface area (Å²) in [6.07, 6.45) is 39.7. The van der Waals surface area contributed by atoms with Crippen molar-refractivity contribution in [3.63, 3.8) is 0 Å². The Labute approximate surface area is 451 Å². The minimum Gasteiger partial charge on any atom is -0.662 e. The third-order valence-electron chi connectivity index (χ3n) is 19.3. The van der Waals surface area contributed by atoms with Gasteiger partial charge in [-0.15, -0.1) is 0 Å². The number of allylic oxidation sites excluding steroid dienone is 12. The molecule has 0 aromatic rings. The summed E-state index contributed by atoms with van der Waals surface area (Å²) in [4.78, 5) is 11.2. The molecule has 7 saturated carbocycles. The van der Waals surface area contributed by atoms with Gasteiger partial charge in [-0.1, -0.05) is 198 Å². The van der Waals surface area contributed by atoms with Gasteiger partial charge in [-0.05, 0) is 200 Å². The standard InChI is InChI=1S/2C29H46.C2H5I.CH2O3.CH4.Na/c1-19(2)20(3)10-11-21(4)26-14-15-27-24(9-8-16-28(26,27)7)17-23(6)29-18-25(29)13-12-22(29)5;1-20(2)22(4)12-13-24(6)27-16-17-28-25(9-8-18-29(27,28)7)14-15-26-19-21(3)10-11-23(26)5;1-2-3;2-1-4-3;;/h10-11,17,19-21,23,25-27H,5,8-9,12-16,18H2,1-4,6-7H3;12-15,20-22,24,27-28H,5,8-11,16-19H2,1-4,6-7H3;2H2,1H3;1,3H;1H4;/q;;;;;+1/p-1/b11-10+,24-17+;13-12+,25-14+,26-15-;;;;/t20-,21+,23?,25?,26+,27-,28+,29+;21-,22-,24+,27+,28-,29+;;;;/m00..../s1. The van der Waals surface area contributed by atoms with Crippen LogP contribution in [0.2, 0.25) is 0 Å². The van der Waals surface area contributed by atoms with E-state index in [0.29, 0.717) is 45.8 Å². The van der Waals surface area contributed by atoms with E-state index >= 15 is 0 Å². The first-order chi connectivity index (χ1) is 30.7. The molecule has 7 aliphatic rings. The molecule has 3 nitrogen and oxygen atoms in total. The molecule has 0 bridgehead atoms. The molecule has 0 spiro atoms. The molecule has 67 heavy (non-hydrogen) atoms. The Morgan fingerprint density at radius 1 is 0.731 bits per heavy atom. The molecule has 7 fully saturated rings. The zero-order chi connectivity index (χ0) is 48.3. The van der Waals surface area contributed by atoms with Crippen molar-refractivity contribution in [2.24, 2.45) is 93.2 Å². The van der Waals surface area contributed by atoms with Crippen LogP contribution in [0.5, 0.6) is 0 Å². The van der Waals surface area contributed by atoms with E-state index in [1.807, 2.05) is 5.57 Å². The van der Waals surface area contributed by atoms with E-state index in [9.17, 15) is 0 Å². The number of hydrogen-bond acceptors (Lipinski definition) is 3. The smallest absolute Gasteiger partial charge is 0.662 e. The third-order valence-corrected chi connectivity index (χ3v) is 19.3. The molecule has 5 heteroatoms. The minimum atomic E-state index is -0.181. The number of rotatable bonds is 12. The van der Waals surface area contributed by atoms with Crippen LogP contribution in [0.1, 0.15) is 200 Å². The molecule has 0 aliphatic heterocycles. The topological polar surface area (TPSA) is 49.4 Å². The molecule has 7 rings (SSSR count). The second kappa shape index (κ2) is 28.5. The quantitative estimate of drug-likeness (QED) is 0.0372. The maximum absolute atomic E-state index is 8.64. The molecule has 376 valence electrons. The van der Waals surface area contributed by atoms with Gasteiger partial charge in [0.15, 0.2) is 0 Å². The summed E-state index contributed by atoms with van der Waals surface area (Å²) in [5.74, 6) is 10.1. The van der Waals surface area contributed by atoms with Crippen molar-refractivity contribution < 1.29 is 44.5 Å². The number of alkyl halides is 1. The second-order valence-electron chi connectivity index (χ2n) is 23.8. The molecule has 0 saturated heterocycles. The molecule has 2 unspecified atom stereocenters. The van der Waals surface area contributed by atoms with Gasteiger partial charge in [0.2, 0.25) is 0 Å². The Bertz CT molecular complexity index is 1720. The van der Waals surface area contributed by atoms with Gasteiger partial charge in [0.05, 0.1) is 0 Å². The Hall–Kier alpha value is -0.660. The van der Waals surface area contributed by atoms with E-state index in [1.54, 1.807) is 11.1 Å². The largest absolute Gasteiger partial charge is 1.00 e. The molecule has 7 aliphatic carbocycles. The summed E-state index contributed by atoms with van der Waals surface area (Å²) in [7, 11) is 0. The number of halogens is 1. The normalized spacial score (nSPS) is 36.0. The monoisotopic (exact) mass is 1040 g/mol. The van der Waals surface area contributed by atoms with Crippen LogP contribution in [0, 0.1) is 93.2 Å². The SMILES string of the molecule is C.C=C1CCC2C[C@]12C(C)/C=C1\CCC[C@]2(C)[C@@H]([C@H](C)/C=C/[C@H](C)C(C)C)CC[C@@H]12.C=C1CC[C@H](C)C/C1=C/C=C1\CCC[C@]2(C)[C@@H]([C@H](C)/C=C/[C@H](C)C(C)C)CC[C@@H]12.CCI.O=CO[O-].[Na+]. The molecular weight excluding hydrogens is 943 g/mol. The van der Waals surface area contributed by atoms with Crippen LogP contribution in [-0.2, 0) is 9.68 Å². The van der Waals surface area contributed by atoms with E-state index in [1.165, 1.54) is 118 Å². The van der Waals surface area contributed by atoms with Crippen LogP contribution in [0.15, 0.2) is 83.6 Å². The zero-order valence-electron chi connectivity index (χ0n) is 45.2. The maximum Gasteiger partial charge on any atom is 1.00 e.